The molecule has 7 rings (SSSR count). The van der Waals surface area contributed by atoms with Crippen LogP contribution in [-0.4, -0.2) is 51.3 Å². The monoisotopic (exact) mass is 618 g/mol. The van der Waals surface area contributed by atoms with Crippen LogP contribution in [0.15, 0.2) is 72.8 Å². The van der Waals surface area contributed by atoms with Gasteiger partial charge in [0.2, 0.25) is 0 Å². The topological polar surface area (TPSA) is 95.1 Å². The number of ether oxygens (including phenoxy) is 4. The molecule has 3 aliphatic rings. The summed E-state index contributed by atoms with van der Waals surface area (Å²) in [6.07, 6.45) is 3.57. The molecule has 0 unspecified atom stereocenters. The Hall–Kier alpha value is -4.98. The minimum Gasteiger partial charge on any atom is -0.493 e. The first-order chi connectivity index (χ1) is 22.6. The summed E-state index contributed by atoms with van der Waals surface area (Å²) in [5, 5.41) is 5.94. The van der Waals surface area contributed by atoms with E-state index < -0.39 is 0 Å². The van der Waals surface area contributed by atoms with Gasteiger partial charge < -0.3 is 29.6 Å². The number of hydrogen-bond donors (Lipinski definition) is 2. The van der Waals surface area contributed by atoms with E-state index in [0.29, 0.717) is 76.3 Å². The van der Waals surface area contributed by atoms with Crippen molar-refractivity contribution in [1.29, 1.82) is 0 Å². The van der Waals surface area contributed by atoms with Crippen LogP contribution < -0.4 is 29.6 Å². The van der Waals surface area contributed by atoms with Crippen molar-refractivity contribution >= 4 is 11.8 Å². The van der Waals surface area contributed by atoms with Crippen LogP contribution in [0, 0.1) is 0 Å². The van der Waals surface area contributed by atoms with Crippen molar-refractivity contribution in [2.45, 2.75) is 38.5 Å². The molecule has 0 radical (unpaired) electrons. The number of para-hydroxylation sites is 4. The number of amides is 2. The molecule has 236 valence electrons. The van der Waals surface area contributed by atoms with Crippen molar-refractivity contribution in [3.63, 3.8) is 0 Å². The zero-order chi connectivity index (χ0) is 31.3. The van der Waals surface area contributed by atoms with E-state index in [4.69, 9.17) is 18.9 Å². The molecular formula is C38H38N2O6. The third-order valence-corrected chi connectivity index (χ3v) is 8.71. The van der Waals surface area contributed by atoms with Crippen molar-refractivity contribution in [2.75, 3.05) is 39.5 Å². The van der Waals surface area contributed by atoms with Gasteiger partial charge in [0, 0.05) is 38.8 Å². The normalized spacial score (nSPS) is 16.8. The van der Waals surface area contributed by atoms with E-state index in [-0.39, 0.29) is 25.0 Å². The predicted octanol–water partition coefficient (Wildman–Crippen LogP) is 4.92. The van der Waals surface area contributed by atoms with Crippen LogP contribution in [0.4, 0.5) is 0 Å². The Morgan fingerprint density at radius 2 is 0.696 bits per heavy atom. The summed E-state index contributed by atoms with van der Waals surface area (Å²) < 4.78 is 25.8. The van der Waals surface area contributed by atoms with Gasteiger partial charge in [-0.15, -0.1) is 0 Å². The fourth-order valence-electron chi connectivity index (χ4n) is 6.55. The standard InChI is InChI=1S/C38H38N2O6/c41-33-23-45-37-29-11-3-14-32(37)22-28-10-2-8-26-20-30-12-4-13-31(38(30)46-24-34(42)40-16-6-18-44-36(26)28)21-27-9-1-7-25(19-29)35(27)43-17-5-15-39-33/h1-4,7-14H,5-6,15-24H2,(H,39,41)(H,40,42). The molecular weight excluding hydrogens is 580 g/mol. The molecule has 2 heterocycles. The Kier molecular flexibility index (Phi) is 8.76. The Morgan fingerprint density at radius 1 is 0.413 bits per heavy atom. The Labute approximate surface area is 269 Å². The van der Waals surface area contributed by atoms with Crippen molar-refractivity contribution in [3.8, 4) is 23.0 Å². The summed E-state index contributed by atoms with van der Waals surface area (Å²) in [6, 6.07) is 24.9. The van der Waals surface area contributed by atoms with Gasteiger partial charge in [0.15, 0.2) is 13.2 Å². The Bertz CT molecular complexity index is 1640. The molecule has 0 aromatic heterocycles. The molecule has 0 saturated carbocycles. The number of benzene rings is 4. The molecule has 0 saturated heterocycles. The van der Waals surface area contributed by atoms with E-state index >= 15 is 0 Å². The fourth-order valence-corrected chi connectivity index (χ4v) is 6.55. The van der Waals surface area contributed by atoms with E-state index in [9.17, 15) is 9.59 Å². The van der Waals surface area contributed by atoms with Gasteiger partial charge in [-0.1, -0.05) is 72.8 Å². The lowest BCUT2D eigenvalue weighted by molar-refractivity contribution is -0.123. The number of nitrogens with one attached hydrogen (secondary N) is 2. The largest absolute Gasteiger partial charge is 0.493 e. The highest BCUT2D eigenvalue weighted by Gasteiger charge is 2.23. The summed E-state index contributed by atoms with van der Waals surface area (Å²) in [4.78, 5) is 25.6. The lowest BCUT2D eigenvalue weighted by atomic mass is 9.91. The van der Waals surface area contributed by atoms with Gasteiger partial charge in [-0.25, -0.2) is 0 Å². The molecule has 12 bridgehead atoms. The van der Waals surface area contributed by atoms with Crippen LogP contribution in [0.25, 0.3) is 0 Å². The van der Waals surface area contributed by atoms with E-state index in [2.05, 4.69) is 83.4 Å². The zero-order valence-electron chi connectivity index (χ0n) is 25.9. The molecule has 46 heavy (non-hydrogen) atoms. The number of carbonyl (C=O) groups is 2. The summed E-state index contributed by atoms with van der Waals surface area (Å²) in [5.74, 6) is 2.78. The van der Waals surface area contributed by atoms with Gasteiger partial charge in [0.05, 0.1) is 13.2 Å². The molecule has 2 N–H and O–H groups in total. The van der Waals surface area contributed by atoms with E-state index in [1.807, 2.05) is 0 Å². The molecule has 0 spiro atoms. The summed E-state index contributed by atoms with van der Waals surface area (Å²) >= 11 is 0. The molecule has 8 heteroatoms. The first-order valence-electron chi connectivity index (χ1n) is 16.1. The first kappa shape index (κ1) is 29.7. The maximum Gasteiger partial charge on any atom is 0.257 e. The minimum atomic E-state index is -0.157. The molecule has 2 amide bonds. The van der Waals surface area contributed by atoms with Crippen LogP contribution in [0.5, 0.6) is 23.0 Å². The lowest BCUT2D eigenvalue weighted by Gasteiger charge is -2.22. The molecule has 4 aromatic rings. The second kappa shape index (κ2) is 13.6. The summed E-state index contributed by atoms with van der Waals surface area (Å²) in [6.45, 7) is 1.76. The van der Waals surface area contributed by atoms with Gasteiger partial charge >= 0.3 is 0 Å². The van der Waals surface area contributed by atoms with Crippen molar-refractivity contribution in [3.05, 3.63) is 117 Å². The van der Waals surface area contributed by atoms with E-state index in [1.54, 1.807) is 0 Å². The van der Waals surface area contributed by atoms with Crippen LogP contribution >= 0.6 is 0 Å². The average molecular weight is 619 g/mol. The van der Waals surface area contributed by atoms with Crippen LogP contribution in [0.3, 0.4) is 0 Å². The fraction of sp³-hybridized carbons (Fsp3) is 0.316. The maximum atomic E-state index is 12.8. The van der Waals surface area contributed by atoms with Gasteiger partial charge in [0.1, 0.15) is 23.0 Å². The Morgan fingerprint density at radius 3 is 1.00 bits per heavy atom. The second-order valence-corrected chi connectivity index (χ2v) is 12.0. The van der Waals surface area contributed by atoms with E-state index in [0.717, 1.165) is 56.0 Å². The van der Waals surface area contributed by atoms with Crippen LogP contribution in [0.2, 0.25) is 0 Å². The van der Waals surface area contributed by atoms with Crippen molar-refractivity contribution in [1.82, 2.24) is 10.6 Å². The number of carbonyl (C=O) groups excluding carboxylic acids is 2. The van der Waals surface area contributed by atoms with Gasteiger partial charge in [-0.2, -0.15) is 0 Å². The van der Waals surface area contributed by atoms with Crippen molar-refractivity contribution in [2.24, 2.45) is 0 Å². The molecule has 8 nitrogen and oxygen atoms in total. The first-order valence-corrected chi connectivity index (χ1v) is 16.1. The highest BCUT2D eigenvalue weighted by Crippen LogP contribution is 2.39. The zero-order valence-corrected chi connectivity index (χ0v) is 25.9. The highest BCUT2D eigenvalue weighted by molar-refractivity contribution is 5.78. The summed E-state index contributed by atoms with van der Waals surface area (Å²) in [7, 11) is 0. The quantitative estimate of drug-likeness (QED) is 0.256. The van der Waals surface area contributed by atoms with Gasteiger partial charge in [0.25, 0.3) is 11.8 Å². The van der Waals surface area contributed by atoms with Gasteiger partial charge in [-0.05, 0) is 57.3 Å². The van der Waals surface area contributed by atoms with E-state index in [1.165, 1.54) is 0 Å². The molecule has 1 aliphatic carbocycles. The summed E-state index contributed by atoms with van der Waals surface area (Å²) in [5.41, 5.74) is 8.06. The van der Waals surface area contributed by atoms with Crippen LogP contribution in [-0.2, 0) is 35.3 Å². The average Bonchev–Trinajstić information content (AvgIpc) is 3.07. The SMILES string of the molecule is O=C1COc2c3cccc2Cc2cccc4c2OCCCNC(=O)COc2c(cccc2C4)Cc2cccc(c2OCCCN1)C3. The second-order valence-electron chi connectivity index (χ2n) is 12.0. The third-order valence-electron chi connectivity index (χ3n) is 8.71. The smallest absolute Gasteiger partial charge is 0.257 e. The Balaban J connectivity index is 1.46. The van der Waals surface area contributed by atoms with Crippen LogP contribution in [0.1, 0.15) is 57.3 Å². The number of rotatable bonds is 0. The predicted molar refractivity (Wildman–Crippen MR) is 174 cm³/mol. The molecule has 2 aliphatic heterocycles. The lowest BCUT2D eigenvalue weighted by Crippen LogP contribution is -2.30. The van der Waals surface area contributed by atoms with Gasteiger partial charge in [-0.3, -0.25) is 9.59 Å². The molecule has 0 fully saturated rings. The maximum absolute atomic E-state index is 12.8. The minimum absolute atomic E-state index is 0.0652. The highest BCUT2D eigenvalue weighted by atomic mass is 16.5. The third kappa shape index (κ3) is 6.52. The number of hydrogen-bond acceptors (Lipinski definition) is 6. The molecule has 4 aromatic carbocycles. The van der Waals surface area contributed by atoms with Crippen molar-refractivity contribution < 1.29 is 28.5 Å². The molecule has 0 atom stereocenters.